The van der Waals surface area contributed by atoms with Gasteiger partial charge in [0.2, 0.25) is 0 Å². The Balaban J connectivity index is 2.83. The summed E-state index contributed by atoms with van der Waals surface area (Å²) in [5, 5.41) is 0. The minimum Gasteiger partial charge on any atom is -0.278 e. The van der Waals surface area contributed by atoms with Crippen molar-refractivity contribution in [3.63, 3.8) is 0 Å². The maximum atomic E-state index is 9.70. The van der Waals surface area contributed by atoms with Crippen LogP contribution in [0, 0.1) is 0 Å². The van der Waals surface area contributed by atoms with Crippen molar-refractivity contribution in [1.29, 1.82) is 0 Å². The molecule has 0 N–H and O–H groups in total. The Hall–Kier alpha value is 0.400. The van der Waals surface area contributed by atoms with E-state index in [1.54, 1.807) is 6.92 Å². The maximum Gasteiger partial charge on any atom is 0.255 e. The quantitative estimate of drug-likeness (QED) is 0.516. The van der Waals surface area contributed by atoms with Gasteiger partial charge >= 0.3 is 0 Å². The van der Waals surface area contributed by atoms with Gasteiger partial charge in [0, 0.05) is 10.7 Å². The molecular formula is C2H5ClO2S. The molecule has 38 valence electrons. The highest BCUT2D eigenvalue weighted by atomic mass is 35.7. The predicted molar refractivity (Wildman–Crippen MR) is 25.6 cm³/mol. The zero-order valence-corrected chi connectivity index (χ0v) is 4.88. The molecule has 2 nitrogen and oxygen atoms in total. The minimum absolute atomic E-state index is 0.399. The van der Waals surface area contributed by atoms with E-state index in [1.165, 1.54) is 0 Å². The fourth-order valence-corrected chi connectivity index (χ4v) is 0.545. The van der Waals surface area contributed by atoms with Crippen LogP contribution in [0.4, 0.5) is 0 Å². The molecule has 4 heteroatoms. The summed E-state index contributed by atoms with van der Waals surface area (Å²) in [5.74, 6) is 0. The maximum absolute atomic E-state index is 9.70. The van der Waals surface area contributed by atoms with E-state index in [2.05, 4.69) is 4.18 Å². The smallest absolute Gasteiger partial charge is 0.255 e. The van der Waals surface area contributed by atoms with E-state index in [0.717, 1.165) is 0 Å². The molecule has 0 aromatic rings. The topological polar surface area (TPSA) is 26.3 Å². The second-order valence-electron chi connectivity index (χ2n) is 0.601. The highest BCUT2D eigenvalue weighted by Crippen LogP contribution is 1.87. The van der Waals surface area contributed by atoms with Gasteiger partial charge in [0.15, 0.2) is 0 Å². The lowest BCUT2D eigenvalue weighted by atomic mass is 10.9. The molecule has 6 heavy (non-hydrogen) atoms. The number of hydrogen-bond acceptors (Lipinski definition) is 2. The number of halogens is 1. The van der Waals surface area contributed by atoms with Crippen LogP contribution in [-0.2, 0) is 14.5 Å². The average Bonchev–Trinajstić information content (AvgIpc) is 1.35. The van der Waals surface area contributed by atoms with Crippen molar-refractivity contribution in [2.75, 3.05) is 6.61 Å². The van der Waals surface area contributed by atoms with E-state index >= 15 is 0 Å². The summed E-state index contributed by atoms with van der Waals surface area (Å²) in [7, 11) is 3.23. The van der Waals surface area contributed by atoms with Crippen LogP contribution < -0.4 is 0 Å². The third-order valence-corrected chi connectivity index (χ3v) is 0.899. The van der Waals surface area contributed by atoms with Gasteiger partial charge in [0.25, 0.3) is 10.3 Å². The molecule has 0 saturated carbocycles. The summed E-state index contributed by atoms with van der Waals surface area (Å²) in [4.78, 5) is 0. The molecule has 0 spiro atoms. The predicted octanol–water partition coefficient (Wildman–Crippen LogP) is 0.840. The molecule has 0 aromatic carbocycles. The van der Waals surface area contributed by atoms with Crippen LogP contribution in [-0.4, -0.2) is 10.8 Å². The van der Waals surface area contributed by atoms with Crippen molar-refractivity contribution in [2.45, 2.75) is 6.92 Å². The van der Waals surface area contributed by atoms with Crippen LogP contribution in [0.5, 0.6) is 0 Å². The summed E-state index contributed by atoms with van der Waals surface area (Å²) in [6, 6.07) is 0. The van der Waals surface area contributed by atoms with Gasteiger partial charge in [-0.1, -0.05) is 0 Å². The van der Waals surface area contributed by atoms with Gasteiger partial charge in [-0.25, -0.2) is 4.21 Å². The Labute approximate surface area is 43.6 Å². The number of rotatable bonds is 2. The minimum atomic E-state index is -1.59. The molecule has 0 bridgehead atoms. The molecular weight excluding hydrogens is 124 g/mol. The first-order valence-corrected chi connectivity index (χ1v) is 3.38. The highest BCUT2D eigenvalue weighted by Gasteiger charge is 1.83. The third-order valence-electron chi connectivity index (χ3n) is 0.211. The van der Waals surface area contributed by atoms with Crippen LogP contribution in [0.15, 0.2) is 0 Å². The van der Waals surface area contributed by atoms with E-state index in [9.17, 15) is 4.21 Å². The Morgan fingerprint density at radius 1 is 2.00 bits per heavy atom. The van der Waals surface area contributed by atoms with Gasteiger partial charge in [-0.05, 0) is 6.92 Å². The molecule has 1 atom stereocenters. The highest BCUT2D eigenvalue weighted by molar-refractivity contribution is 8.04. The molecule has 0 aliphatic rings. The van der Waals surface area contributed by atoms with Crippen LogP contribution in [0.2, 0.25) is 0 Å². The average molecular weight is 129 g/mol. The second kappa shape index (κ2) is 3.59. The number of hydrogen-bond donors (Lipinski definition) is 0. The van der Waals surface area contributed by atoms with Gasteiger partial charge in [-0.15, -0.1) is 0 Å². The van der Waals surface area contributed by atoms with E-state index < -0.39 is 10.3 Å². The normalized spacial score (nSPS) is 14.3. The first-order chi connectivity index (χ1) is 2.77. The Morgan fingerprint density at radius 3 is 2.50 bits per heavy atom. The molecule has 0 rings (SSSR count). The van der Waals surface area contributed by atoms with E-state index in [0.29, 0.717) is 6.61 Å². The fourth-order valence-electron chi connectivity index (χ4n) is 0.0927. The Bertz CT molecular complexity index is 55.5. The van der Waals surface area contributed by atoms with E-state index in [-0.39, 0.29) is 0 Å². The molecule has 0 saturated heterocycles. The standard InChI is InChI=1S/C2H5ClO2S/c1-2-5-6(3)4/h2H2,1H3/t6-/m0/s1. The molecule has 0 fully saturated rings. The summed E-state index contributed by atoms with van der Waals surface area (Å²) in [5.41, 5.74) is 0. The monoisotopic (exact) mass is 128 g/mol. The molecule has 0 aliphatic heterocycles. The van der Waals surface area contributed by atoms with Gasteiger partial charge in [0.1, 0.15) is 0 Å². The van der Waals surface area contributed by atoms with Crippen molar-refractivity contribution in [1.82, 2.24) is 0 Å². The van der Waals surface area contributed by atoms with Crippen molar-refractivity contribution in [3.8, 4) is 0 Å². The second-order valence-corrected chi connectivity index (χ2v) is 1.98. The van der Waals surface area contributed by atoms with Gasteiger partial charge in [0.05, 0.1) is 6.61 Å². The van der Waals surface area contributed by atoms with Crippen molar-refractivity contribution >= 4 is 21.0 Å². The lowest BCUT2D eigenvalue weighted by molar-refractivity contribution is 0.380. The van der Waals surface area contributed by atoms with Crippen molar-refractivity contribution in [2.24, 2.45) is 0 Å². The van der Waals surface area contributed by atoms with Crippen molar-refractivity contribution in [3.05, 3.63) is 0 Å². The molecule has 0 amide bonds. The first-order valence-electron chi connectivity index (χ1n) is 1.48. The van der Waals surface area contributed by atoms with E-state index in [4.69, 9.17) is 10.7 Å². The zero-order chi connectivity index (χ0) is 4.99. The Kier molecular flexibility index (Phi) is 3.82. The molecule has 0 heterocycles. The van der Waals surface area contributed by atoms with Gasteiger partial charge < -0.3 is 0 Å². The summed E-state index contributed by atoms with van der Waals surface area (Å²) in [6.07, 6.45) is 0. The largest absolute Gasteiger partial charge is 0.278 e. The third kappa shape index (κ3) is 4.40. The molecule has 0 radical (unpaired) electrons. The van der Waals surface area contributed by atoms with Crippen molar-refractivity contribution < 1.29 is 8.39 Å². The molecule has 0 unspecified atom stereocenters. The molecule has 0 aromatic heterocycles. The first kappa shape index (κ1) is 6.40. The zero-order valence-electron chi connectivity index (χ0n) is 3.31. The summed E-state index contributed by atoms with van der Waals surface area (Å²) < 4.78 is 14.0. The van der Waals surface area contributed by atoms with Crippen LogP contribution in [0.25, 0.3) is 0 Å². The summed E-state index contributed by atoms with van der Waals surface area (Å²) >= 11 is 0. The fraction of sp³-hybridized carbons (Fsp3) is 1.00. The SMILES string of the molecule is CCO[S@](=O)Cl. The lowest BCUT2D eigenvalue weighted by Crippen LogP contribution is -1.84. The van der Waals surface area contributed by atoms with E-state index in [1.807, 2.05) is 0 Å². The van der Waals surface area contributed by atoms with Crippen LogP contribution in [0.3, 0.4) is 0 Å². The Morgan fingerprint density at radius 2 is 2.50 bits per heavy atom. The van der Waals surface area contributed by atoms with Gasteiger partial charge in [-0.3, -0.25) is 4.18 Å². The summed E-state index contributed by atoms with van der Waals surface area (Å²) in [6.45, 7) is 2.12. The molecule has 0 aliphatic carbocycles. The van der Waals surface area contributed by atoms with Crippen LogP contribution in [0.1, 0.15) is 6.92 Å². The van der Waals surface area contributed by atoms with Crippen LogP contribution >= 0.6 is 10.7 Å². The lowest BCUT2D eigenvalue weighted by Gasteiger charge is -1.83. The van der Waals surface area contributed by atoms with Gasteiger partial charge in [-0.2, -0.15) is 0 Å².